The number of hydrogen-bond donors (Lipinski definition) is 1. The number of nitrogens with one attached hydrogen (secondary N) is 1. The number of carbonyl (C=O) groups excluding carboxylic acids is 2. The highest BCUT2D eigenvalue weighted by Crippen LogP contribution is 2.23. The molecule has 0 unspecified atom stereocenters. The molecule has 1 fully saturated rings. The van der Waals surface area contributed by atoms with E-state index in [2.05, 4.69) is 20.2 Å². The summed E-state index contributed by atoms with van der Waals surface area (Å²) < 4.78 is 0. The van der Waals surface area contributed by atoms with Crippen molar-refractivity contribution in [1.82, 2.24) is 14.9 Å². The predicted molar refractivity (Wildman–Crippen MR) is 109 cm³/mol. The summed E-state index contributed by atoms with van der Waals surface area (Å²) in [4.78, 5) is 37.3. The Morgan fingerprint density at radius 3 is 2.46 bits per heavy atom. The molecule has 1 aliphatic rings. The molecule has 0 spiro atoms. The van der Waals surface area contributed by atoms with Gasteiger partial charge >= 0.3 is 0 Å². The van der Waals surface area contributed by atoms with Crippen LogP contribution in [0.2, 0.25) is 0 Å². The number of para-hydroxylation sites is 1. The Morgan fingerprint density at radius 1 is 1.18 bits per heavy atom. The van der Waals surface area contributed by atoms with Gasteiger partial charge in [0, 0.05) is 44.1 Å². The van der Waals surface area contributed by atoms with Crippen LogP contribution >= 0.6 is 0 Å². The second kappa shape index (κ2) is 8.82. The molecule has 0 atom stereocenters. The summed E-state index contributed by atoms with van der Waals surface area (Å²) in [6.07, 6.45) is 6.57. The number of aromatic nitrogens is 2. The SMILES string of the molecule is Cc1cccc(C)c1NC(=O)CN(C)C(=O)C1CCN(c2cnccn2)CC1. The van der Waals surface area contributed by atoms with Crippen LogP contribution in [-0.4, -0.2) is 53.4 Å². The second-order valence-corrected chi connectivity index (χ2v) is 7.33. The number of rotatable bonds is 5. The van der Waals surface area contributed by atoms with E-state index < -0.39 is 0 Å². The normalized spacial score (nSPS) is 14.6. The van der Waals surface area contributed by atoms with Gasteiger partial charge in [-0.15, -0.1) is 0 Å². The molecule has 7 nitrogen and oxygen atoms in total. The summed E-state index contributed by atoms with van der Waals surface area (Å²) in [5, 5.41) is 2.94. The zero-order valence-corrected chi connectivity index (χ0v) is 16.7. The van der Waals surface area contributed by atoms with Crippen molar-refractivity contribution in [2.45, 2.75) is 26.7 Å². The van der Waals surface area contributed by atoms with Gasteiger partial charge < -0.3 is 15.1 Å². The van der Waals surface area contributed by atoms with Gasteiger partial charge in [0.05, 0.1) is 12.7 Å². The van der Waals surface area contributed by atoms with E-state index in [0.29, 0.717) is 0 Å². The molecule has 1 aliphatic heterocycles. The lowest BCUT2D eigenvalue weighted by molar-refractivity contribution is -0.137. The van der Waals surface area contributed by atoms with Gasteiger partial charge in [-0.3, -0.25) is 14.6 Å². The van der Waals surface area contributed by atoms with Crippen LogP contribution in [0.25, 0.3) is 0 Å². The summed E-state index contributed by atoms with van der Waals surface area (Å²) in [5.74, 6) is 0.626. The van der Waals surface area contributed by atoms with Gasteiger partial charge in [0.25, 0.3) is 0 Å². The quantitative estimate of drug-likeness (QED) is 0.860. The Kier molecular flexibility index (Phi) is 6.23. The molecule has 1 saturated heterocycles. The van der Waals surface area contributed by atoms with Crippen molar-refractivity contribution in [3.05, 3.63) is 47.9 Å². The first-order valence-electron chi connectivity index (χ1n) is 9.57. The zero-order chi connectivity index (χ0) is 20.1. The Morgan fingerprint density at radius 2 is 1.86 bits per heavy atom. The van der Waals surface area contributed by atoms with Gasteiger partial charge in [-0.2, -0.15) is 0 Å². The molecule has 2 amide bonds. The second-order valence-electron chi connectivity index (χ2n) is 7.33. The molecule has 148 valence electrons. The van der Waals surface area contributed by atoms with E-state index in [1.165, 1.54) is 4.90 Å². The van der Waals surface area contributed by atoms with Gasteiger partial charge in [-0.25, -0.2) is 4.98 Å². The highest BCUT2D eigenvalue weighted by Gasteiger charge is 2.28. The van der Waals surface area contributed by atoms with Crippen LogP contribution in [0.5, 0.6) is 0 Å². The van der Waals surface area contributed by atoms with Crippen molar-refractivity contribution in [3.8, 4) is 0 Å². The monoisotopic (exact) mass is 381 g/mol. The standard InChI is InChI=1S/C21H27N5O2/c1-15-5-4-6-16(2)20(15)24-19(27)14-25(3)21(28)17-7-11-26(12-8-17)18-13-22-9-10-23-18/h4-6,9-10,13,17H,7-8,11-12,14H2,1-3H3,(H,24,27). The van der Waals surface area contributed by atoms with Gasteiger partial charge in [-0.1, -0.05) is 18.2 Å². The first-order chi connectivity index (χ1) is 13.5. The van der Waals surface area contributed by atoms with E-state index in [4.69, 9.17) is 0 Å². The largest absolute Gasteiger partial charge is 0.355 e. The lowest BCUT2D eigenvalue weighted by atomic mass is 9.95. The van der Waals surface area contributed by atoms with Crippen LogP contribution in [0.15, 0.2) is 36.8 Å². The Balaban J connectivity index is 1.51. The summed E-state index contributed by atoms with van der Waals surface area (Å²) in [7, 11) is 1.70. The van der Waals surface area contributed by atoms with E-state index in [1.54, 1.807) is 25.6 Å². The zero-order valence-electron chi connectivity index (χ0n) is 16.7. The lowest BCUT2D eigenvalue weighted by Gasteiger charge is -2.33. The van der Waals surface area contributed by atoms with Crippen molar-refractivity contribution in [2.75, 3.05) is 36.9 Å². The summed E-state index contributed by atoms with van der Waals surface area (Å²) in [6.45, 7) is 5.50. The molecule has 2 heterocycles. The predicted octanol–water partition coefficient (Wildman–Crippen LogP) is 2.41. The number of hydrogen-bond acceptors (Lipinski definition) is 5. The van der Waals surface area contributed by atoms with Crippen molar-refractivity contribution in [3.63, 3.8) is 0 Å². The van der Waals surface area contributed by atoms with Gasteiger partial charge in [-0.05, 0) is 37.8 Å². The molecule has 1 aromatic heterocycles. The molecular weight excluding hydrogens is 354 g/mol. The highest BCUT2D eigenvalue weighted by atomic mass is 16.2. The number of amides is 2. The van der Waals surface area contributed by atoms with E-state index in [0.717, 1.165) is 48.6 Å². The Bertz CT molecular complexity index is 812. The lowest BCUT2D eigenvalue weighted by Crippen LogP contribution is -2.43. The molecule has 1 N–H and O–H groups in total. The minimum Gasteiger partial charge on any atom is -0.355 e. The minimum absolute atomic E-state index is 0.0236. The van der Waals surface area contributed by atoms with Gasteiger partial charge in [0.1, 0.15) is 5.82 Å². The number of anilines is 2. The molecule has 1 aromatic carbocycles. The molecule has 0 radical (unpaired) electrons. The number of carbonyl (C=O) groups is 2. The van der Waals surface area contributed by atoms with E-state index in [1.807, 2.05) is 32.0 Å². The maximum Gasteiger partial charge on any atom is 0.243 e. The molecule has 0 saturated carbocycles. The van der Waals surface area contributed by atoms with Crippen molar-refractivity contribution in [2.24, 2.45) is 5.92 Å². The number of likely N-dealkylation sites (N-methyl/N-ethyl adjacent to an activating group) is 1. The summed E-state index contributed by atoms with van der Waals surface area (Å²) in [6, 6.07) is 5.88. The van der Waals surface area contributed by atoms with Crippen LogP contribution in [0.3, 0.4) is 0 Å². The molecule has 3 rings (SSSR count). The van der Waals surface area contributed by atoms with Crippen LogP contribution in [0.1, 0.15) is 24.0 Å². The number of nitrogens with zero attached hydrogens (tertiary/aromatic N) is 4. The summed E-state index contributed by atoms with van der Waals surface area (Å²) in [5.41, 5.74) is 2.85. The number of benzene rings is 1. The minimum atomic E-state index is -0.176. The summed E-state index contributed by atoms with van der Waals surface area (Å²) >= 11 is 0. The molecule has 28 heavy (non-hydrogen) atoms. The van der Waals surface area contributed by atoms with Crippen LogP contribution in [-0.2, 0) is 9.59 Å². The third kappa shape index (κ3) is 4.65. The van der Waals surface area contributed by atoms with Crippen LogP contribution in [0.4, 0.5) is 11.5 Å². The first-order valence-corrected chi connectivity index (χ1v) is 9.57. The number of piperidine rings is 1. The van der Waals surface area contributed by atoms with E-state index >= 15 is 0 Å². The van der Waals surface area contributed by atoms with Crippen LogP contribution in [0, 0.1) is 19.8 Å². The highest BCUT2D eigenvalue weighted by molar-refractivity contribution is 5.96. The van der Waals surface area contributed by atoms with Gasteiger partial charge in [0.2, 0.25) is 11.8 Å². The smallest absolute Gasteiger partial charge is 0.243 e. The van der Waals surface area contributed by atoms with Crippen LogP contribution < -0.4 is 10.2 Å². The maximum atomic E-state index is 12.8. The van der Waals surface area contributed by atoms with E-state index in [-0.39, 0.29) is 24.3 Å². The topological polar surface area (TPSA) is 78.4 Å². The molecular formula is C21H27N5O2. The van der Waals surface area contributed by atoms with Gasteiger partial charge in [0.15, 0.2) is 0 Å². The Hall–Kier alpha value is -2.96. The third-order valence-corrected chi connectivity index (χ3v) is 5.22. The third-order valence-electron chi connectivity index (χ3n) is 5.22. The average molecular weight is 381 g/mol. The van der Waals surface area contributed by atoms with Crippen molar-refractivity contribution in [1.29, 1.82) is 0 Å². The molecule has 0 aliphatic carbocycles. The molecule has 2 aromatic rings. The molecule has 7 heteroatoms. The van der Waals surface area contributed by atoms with E-state index in [9.17, 15) is 9.59 Å². The molecule has 0 bridgehead atoms. The maximum absolute atomic E-state index is 12.8. The first kappa shape index (κ1) is 19.8. The van der Waals surface area contributed by atoms with Crippen molar-refractivity contribution >= 4 is 23.3 Å². The van der Waals surface area contributed by atoms with Crippen molar-refractivity contribution < 1.29 is 9.59 Å². The number of aryl methyl sites for hydroxylation is 2. The fourth-order valence-electron chi connectivity index (χ4n) is 3.61. The average Bonchev–Trinajstić information content (AvgIpc) is 2.71. The fourth-order valence-corrected chi connectivity index (χ4v) is 3.61. The fraction of sp³-hybridized carbons (Fsp3) is 0.429. The Labute approximate surface area is 165 Å².